The first-order valence-corrected chi connectivity index (χ1v) is 6.51. The van der Waals surface area contributed by atoms with Crippen molar-refractivity contribution in [2.75, 3.05) is 0 Å². The number of alkyl halides is 3. The van der Waals surface area contributed by atoms with Gasteiger partial charge in [-0.25, -0.2) is 0 Å². The van der Waals surface area contributed by atoms with Gasteiger partial charge in [0.1, 0.15) is 0 Å². The Morgan fingerprint density at radius 2 is 1.37 bits per heavy atom. The van der Waals surface area contributed by atoms with Crippen molar-refractivity contribution in [2.45, 2.75) is 59.6 Å². The Kier molecular flexibility index (Phi) is 4.09. The van der Waals surface area contributed by atoms with E-state index in [1.807, 2.05) is 26.8 Å². The smallest absolute Gasteiger partial charge is 0.166 e. The molecule has 0 atom stereocenters. The first-order chi connectivity index (χ1) is 8.31. The van der Waals surface area contributed by atoms with Crippen molar-refractivity contribution < 1.29 is 13.2 Å². The average molecular weight is 272 g/mol. The largest absolute Gasteiger partial charge is 0.416 e. The minimum Gasteiger partial charge on any atom is -0.166 e. The minimum atomic E-state index is -4.30. The first-order valence-electron chi connectivity index (χ1n) is 6.51. The summed E-state index contributed by atoms with van der Waals surface area (Å²) >= 11 is 0. The highest BCUT2D eigenvalue weighted by Gasteiger charge is 2.36. The lowest BCUT2D eigenvalue weighted by Crippen LogP contribution is -2.20. The molecule has 0 heterocycles. The summed E-state index contributed by atoms with van der Waals surface area (Å²) in [6.45, 7) is 11.5. The topological polar surface area (TPSA) is 0 Å². The quantitative estimate of drug-likeness (QED) is 0.625. The third-order valence-corrected chi connectivity index (χ3v) is 2.93. The van der Waals surface area contributed by atoms with Crippen molar-refractivity contribution in [3.63, 3.8) is 0 Å². The van der Waals surface area contributed by atoms with E-state index in [2.05, 4.69) is 0 Å². The third kappa shape index (κ3) is 4.55. The molecule has 1 rings (SSSR count). The predicted molar refractivity (Wildman–Crippen MR) is 73.3 cm³/mol. The molecule has 0 saturated heterocycles. The molecule has 19 heavy (non-hydrogen) atoms. The SMILES string of the molecule is CC(C)(C)Cc1ccc(C(C)(C)C)c(C(F)(F)F)c1. The zero-order chi connectivity index (χ0) is 15.1. The second-order valence-corrected chi connectivity index (χ2v) is 7.37. The van der Waals surface area contributed by atoms with Gasteiger partial charge in [-0.2, -0.15) is 13.2 Å². The zero-order valence-corrected chi connectivity index (χ0v) is 12.6. The molecule has 0 bridgehead atoms. The van der Waals surface area contributed by atoms with Crippen LogP contribution >= 0.6 is 0 Å². The normalized spacial score (nSPS) is 13.7. The summed E-state index contributed by atoms with van der Waals surface area (Å²) in [7, 11) is 0. The van der Waals surface area contributed by atoms with Gasteiger partial charge in [0.15, 0.2) is 0 Å². The number of benzene rings is 1. The molecule has 0 fully saturated rings. The van der Waals surface area contributed by atoms with Crippen LogP contribution in [0.15, 0.2) is 18.2 Å². The van der Waals surface area contributed by atoms with E-state index in [1.54, 1.807) is 26.8 Å². The maximum atomic E-state index is 13.2. The van der Waals surface area contributed by atoms with Crippen molar-refractivity contribution in [2.24, 2.45) is 5.41 Å². The third-order valence-electron chi connectivity index (χ3n) is 2.93. The average Bonchev–Trinajstić information content (AvgIpc) is 2.11. The van der Waals surface area contributed by atoms with Crippen molar-refractivity contribution >= 4 is 0 Å². The van der Waals surface area contributed by atoms with Crippen molar-refractivity contribution in [3.8, 4) is 0 Å². The Bertz CT molecular complexity index is 443. The second-order valence-electron chi connectivity index (χ2n) is 7.37. The maximum Gasteiger partial charge on any atom is 0.416 e. The molecule has 0 spiro atoms. The van der Waals surface area contributed by atoms with Gasteiger partial charge in [-0.1, -0.05) is 53.7 Å². The van der Waals surface area contributed by atoms with Crippen LogP contribution < -0.4 is 0 Å². The Labute approximate surface area is 114 Å². The van der Waals surface area contributed by atoms with Crippen LogP contribution in [0.2, 0.25) is 0 Å². The summed E-state index contributed by atoms with van der Waals surface area (Å²) in [6, 6.07) is 4.76. The van der Waals surface area contributed by atoms with Gasteiger partial charge in [0.05, 0.1) is 5.56 Å². The Balaban J connectivity index is 3.33. The first kappa shape index (κ1) is 16.1. The molecule has 0 aromatic heterocycles. The molecule has 0 saturated carbocycles. The highest BCUT2D eigenvalue weighted by atomic mass is 19.4. The standard InChI is InChI=1S/C16H23F3/c1-14(2,3)10-11-7-8-12(15(4,5)6)13(9-11)16(17,18)19/h7-9H,10H2,1-6H3. The molecular weight excluding hydrogens is 249 g/mol. The Morgan fingerprint density at radius 3 is 1.74 bits per heavy atom. The summed E-state index contributed by atoms with van der Waals surface area (Å²) in [5.74, 6) is 0. The van der Waals surface area contributed by atoms with Gasteiger partial charge >= 0.3 is 6.18 Å². The van der Waals surface area contributed by atoms with Gasteiger partial charge in [-0.05, 0) is 34.4 Å². The van der Waals surface area contributed by atoms with Crippen LogP contribution in [0.1, 0.15) is 58.2 Å². The van der Waals surface area contributed by atoms with E-state index in [4.69, 9.17) is 0 Å². The van der Waals surface area contributed by atoms with E-state index >= 15 is 0 Å². The molecule has 0 nitrogen and oxygen atoms in total. The molecule has 0 aliphatic rings. The number of hydrogen-bond acceptors (Lipinski definition) is 0. The summed E-state index contributed by atoms with van der Waals surface area (Å²) in [5, 5.41) is 0. The minimum absolute atomic E-state index is 0.0217. The van der Waals surface area contributed by atoms with Gasteiger partial charge in [-0.3, -0.25) is 0 Å². The van der Waals surface area contributed by atoms with Gasteiger partial charge in [0.25, 0.3) is 0 Å². The van der Waals surface area contributed by atoms with Crippen LogP contribution in [0.3, 0.4) is 0 Å². The van der Waals surface area contributed by atoms with Gasteiger partial charge < -0.3 is 0 Å². The lowest BCUT2D eigenvalue weighted by Gasteiger charge is -2.26. The van der Waals surface area contributed by atoms with E-state index in [0.717, 1.165) is 5.56 Å². The van der Waals surface area contributed by atoms with Crippen LogP contribution in [0.4, 0.5) is 13.2 Å². The van der Waals surface area contributed by atoms with E-state index in [1.165, 1.54) is 6.07 Å². The molecule has 0 unspecified atom stereocenters. The molecule has 0 aliphatic heterocycles. The number of rotatable bonds is 1. The van der Waals surface area contributed by atoms with E-state index in [9.17, 15) is 13.2 Å². The molecular formula is C16H23F3. The van der Waals surface area contributed by atoms with Crippen LogP contribution in [0, 0.1) is 5.41 Å². The highest BCUT2D eigenvalue weighted by molar-refractivity contribution is 5.38. The van der Waals surface area contributed by atoms with Crippen molar-refractivity contribution in [1.29, 1.82) is 0 Å². The van der Waals surface area contributed by atoms with Crippen molar-refractivity contribution in [1.82, 2.24) is 0 Å². The molecule has 0 aliphatic carbocycles. The molecule has 1 aromatic rings. The molecule has 0 radical (unpaired) electrons. The Hall–Kier alpha value is -0.990. The second kappa shape index (κ2) is 4.84. The monoisotopic (exact) mass is 272 g/mol. The summed E-state index contributed by atoms with van der Waals surface area (Å²) in [4.78, 5) is 0. The van der Waals surface area contributed by atoms with Crippen LogP contribution in [0.25, 0.3) is 0 Å². The number of hydrogen-bond donors (Lipinski definition) is 0. The maximum absolute atomic E-state index is 13.2. The molecule has 3 heteroatoms. The zero-order valence-electron chi connectivity index (χ0n) is 12.6. The number of halogens is 3. The van der Waals surface area contributed by atoms with Crippen LogP contribution in [-0.2, 0) is 18.0 Å². The summed E-state index contributed by atoms with van der Waals surface area (Å²) in [5.41, 5.74) is 0.0734. The molecule has 0 N–H and O–H groups in total. The van der Waals surface area contributed by atoms with Gasteiger partial charge in [-0.15, -0.1) is 0 Å². The predicted octanol–water partition coefficient (Wildman–Crippen LogP) is 5.59. The van der Waals surface area contributed by atoms with Crippen LogP contribution in [-0.4, -0.2) is 0 Å². The summed E-state index contributed by atoms with van der Waals surface area (Å²) < 4.78 is 39.6. The fourth-order valence-electron chi connectivity index (χ4n) is 2.20. The fourth-order valence-corrected chi connectivity index (χ4v) is 2.20. The summed E-state index contributed by atoms with van der Waals surface area (Å²) in [6.07, 6.45) is -3.66. The van der Waals surface area contributed by atoms with E-state index in [-0.39, 0.29) is 5.41 Å². The lowest BCUT2D eigenvalue weighted by atomic mass is 9.81. The van der Waals surface area contributed by atoms with Crippen LogP contribution in [0.5, 0.6) is 0 Å². The highest BCUT2D eigenvalue weighted by Crippen LogP contribution is 2.38. The fraction of sp³-hybridized carbons (Fsp3) is 0.625. The molecule has 1 aromatic carbocycles. The lowest BCUT2D eigenvalue weighted by molar-refractivity contribution is -0.138. The molecule has 108 valence electrons. The van der Waals surface area contributed by atoms with Crippen molar-refractivity contribution in [3.05, 3.63) is 34.9 Å². The van der Waals surface area contributed by atoms with Gasteiger partial charge in [0.2, 0.25) is 0 Å². The van der Waals surface area contributed by atoms with Gasteiger partial charge in [0, 0.05) is 0 Å². The van der Waals surface area contributed by atoms with E-state index < -0.39 is 17.2 Å². The Morgan fingerprint density at radius 1 is 0.842 bits per heavy atom. The molecule has 0 amide bonds. The van der Waals surface area contributed by atoms with E-state index in [0.29, 0.717) is 12.0 Å².